The Hall–Kier alpha value is 0.0300. The molecule has 60 valence electrons. The first-order valence-electron chi connectivity index (χ1n) is 2.71. The van der Waals surface area contributed by atoms with Crippen molar-refractivity contribution < 1.29 is 8.78 Å². The quantitative estimate of drug-likeness (QED) is 0.571. The summed E-state index contributed by atoms with van der Waals surface area (Å²) >= 11 is 7.43. The summed E-state index contributed by atoms with van der Waals surface area (Å²) in [5.41, 5.74) is -0.282. The monoisotopic (exact) mass is 289 g/mol. The van der Waals surface area contributed by atoms with E-state index in [4.69, 9.17) is 11.6 Å². The zero-order valence-corrected chi connectivity index (χ0v) is 8.10. The second kappa shape index (κ2) is 3.62. The van der Waals surface area contributed by atoms with Crippen LogP contribution in [0.4, 0.5) is 8.78 Å². The third kappa shape index (κ3) is 2.23. The van der Waals surface area contributed by atoms with Gasteiger partial charge in [0.1, 0.15) is 10.8 Å². The number of nitrogens with zero attached hydrogens (tertiary/aromatic N) is 1. The molecule has 0 amide bonds. The molecule has 1 nitrogen and oxygen atoms in total. The Morgan fingerprint density at radius 3 is 2.55 bits per heavy atom. The van der Waals surface area contributed by atoms with Gasteiger partial charge in [0.2, 0.25) is 0 Å². The number of hydrogen-bond acceptors (Lipinski definition) is 1. The number of hydrogen-bond donors (Lipinski definition) is 0. The second-order valence-electron chi connectivity index (χ2n) is 1.81. The third-order valence-electron chi connectivity index (χ3n) is 1.05. The highest BCUT2D eigenvalue weighted by Gasteiger charge is 2.09. The average Bonchev–Trinajstić information content (AvgIpc) is 1.94. The fourth-order valence-electron chi connectivity index (χ4n) is 0.553. The van der Waals surface area contributed by atoms with Gasteiger partial charge in [0.05, 0.1) is 3.57 Å². The maximum Gasteiger partial charge on any atom is 0.280 e. The van der Waals surface area contributed by atoms with E-state index in [-0.39, 0.29) is 10.8 Å². The van der Waals surface area contributed by atoms with E-state index >= 15 is 0 Å². The van der Waals surface area contributed by atoms with Gasteiger partial charge in [0.15, 0.2) is 0 Å². The van der Waals surface area contributed by atoms with Crippen LogP contribution in [0.15, 0.2) is 12.1 Å². The molecule has 0 fully saturated rings. The van der Waals surface area contributed by atoms with Crippen molar-refractivity contribution in [3.05, 3.63) is 26.5 Å². The molecule has 1 heterocycles. The molecule has 0 aliphatic heterocycles. The Bertz CT molecular complexity index is 267. The molecule has 1 aromatic rings. The summed E-state index contributed by atoms with van der Waals surface area (Å²) in [5.74, 6) is 0. The first-order chi connectivity index (χ1) is 5.11. The lowest BCUT2D eigenvalue weighted by atomic mass is 10.4. The summed E-state index contributed by atoms with van der Waals surface area (Å²) in [6.07, 6.45) is -2.55. The number of rotatable bonds is 1. The summed E-state index contributed by atoms with van der Waals surface area (Å²) < 4.78 is 24.6. The maximum absolute atomic E-state index is 12.0. The van der Waals surface area contributed by atoms with Crippen LogP contribution in [-0.4, -0.2) is 4.98 Å². The Labute approximate surface area is 80.9 Å². The second-order valence-corrected chi connectivity index (χ2v) is 3.33. The van der Waals surface area contributed by atoms with Crippen molar-refractivity contribution in [1.29, 1.82) is 0 Å². The Kier molecular flexibility index (Phi) is 3.00. The SMILES string of the molecule is FC(F)c1ccc(I)c(Cl)n1. The van der Waals surface area contributed by atoms with Crippen LogP contribution < -0.4 is 0 Å². The van der Waals surface area contributed by atoms with Gasteiger partial charge in [-0.3, -0.25) is 0 Å². The first kappa shape index (κ1) is 9.12. The summed E-state index contributed by atoms with van der Waals surface area (Å²) in [7, 11) is 0. The number of halogens is 4. The van der Waals surface area contributed by atoms with Gasteiger partial charge in [0.25, 0.3) is 6.43 Å². The summed E-state index contributed by atoms with van der Waals surface area (Å²) in [6, 6.07) is 2.77. The van der Waals surface area contributed by atoms with Crippen LogP contribution in [0.3, 0.4) is 0 Å². The number of alkyl halides is 2. The Morgan fingerprint density at radius 2 is 2.09 bits per heavy atom. The molecule has 0 aliphatic rings. The molecule has 5 heteroatoms. The first-order valence-corrected chi connectivity index (χ1v) is 4.17. The highest BCUT2D eigenvalue weighted by atomic mass is 127. The molecule has 0 spiro atoms. The summed E-state index contributed by atoms with van der Waals surface area (Å²) in [5, 5.41) is 0.128. The molecule has 11 heavy (non-hydrogen) atoms. The number of aromatic nitrogens is 1. The Balaban J connectivity index is 3.05. The molecule has 0 radical (unpaired) electrons. The van der Waals surface area contributed by atoms with Gasteiger partial charge in [-0.05, 0) is 34.7 Å². The largest absolute Gasteiger partial charge is 0.280 e. The summed E-state index contributed by atoms with van der Waals surface area (Å²) in [6.45, 7) is 0. The standard InChI is InChI=1S/C6H3ClF2IN/c7-5-3(10)1-2-4(11-5)6(8)9/h1-2,6H. The number of pyridine rings is 1. The predicted octanol–water partition coefficient (Wildman–Crippen LogP) is 3.28. The average molecular weight is 289 g/mol. The molecule has 0 bridgehead atoms. The van der Waals surface area contributed by atoms with Gasteiger partial charge < -0.3 is 0 Å². The summed E-state index contributed by atoms with van der Waals surface area (Å²) in [4.78, 5) is 3.48. The third-order valence-corrected chi connectivity index (χ3v) is 2.53. The fraction of sp³-hybridized carbons (Fsp3) is 0.167. The van der Waals surface area contributed by atoms with Crippen LogP contribution in [0, 0.1) is 3.57 Å². The molecule has 0 saturated carbocycles. The van der Waals surface area contributed by atoms with E-state index in [2.05, 4.69) is 4.98 Å². The highest BCUT2D eigenvalue weighted by Crippen LogP contribution is 2.21. The fourth-order valence-corrected chi connectivity index (χ4v) is 1.01. The lowest BCUT2D eigenvalue weighted by molar-refractivity contribution is 0.146. The molecule has 0 saturated heterocycles. The van der Waals surface area contributed by atoms with Crippen LogP contribution >= 0.6 is 34.2 Å². The van der Waals surface area contributed by atoms with Gasteiger partial charge >= 0.3 is 0 Å². The van der Waals surface area contributed by atoms with Gasteiger partial charge in [-0.1, -0.05) is 11.6 Å². The van der Waals surface area contributed by atoms with Crippen molar-refractivity contribution in [2.24, 2.45) is 0 Å². The van der Waals surface area contributed by atoms with Crippen LogP contribution in [0.2, 0.25) is 5.15 Å². The molecule has 0 N–H and O–H groups in total. The molecule has 0 unspecified atom stereocenters. The van der Waals surface area contributed by atoms with Crippen LogP contribution in [-0.2, 0) is 0 Å². The van der Waals surface area contributed by atoms with E-state index in [0.29, 0.717) is 3.57 Å². The van der Waals surface area contributed by atoms with Crippen molar-refractivity contribution in [2.45, 2.75) is 6.43 Å². The van der Waals surface area contributed by atoms with E-state index in [1.807, 2.05) is 22.6 Å². The lowest BCUT2D eigenvalue weighted by Crippen LogP contribution is -1.90. The van der Waals surface area contributed by atoms with Crippen molar-refractivity contribution in [3.8, 4) is 0 Å². The van der Waals surface area contributed by atoms with Gasteiger partial charge in [-0.25, -0.2) is 13.8 Å². The van der Waals surface area contributed by atoms with Crippen molar-refractivity contribution in [1.82, 2.24) is 4.98 Å². The zero-order chi connectivity index (χ0) is 8.43. The molecular weight excluding hydrogens is 286 g/mol. The zero-order valence-electron chi connectivity index (χ0n) is 5.19. The maximum atomic E-state index is 12.0. The highest BCUT2D eigenvalue weighted by molar-refractivity contribution is 14.1. The predicted molar refractivity (Wildman–Crippen MR) is 46.9 cm³/mol. The van der Waals surface area contributed by atoms with Crippen LogP contribution in [0.1, 0.15) is 12.1 Å². The van der Waals surface area contributed by atoms with Crippen LogP contribution in [0.25, 0.3) is 0 Å². The van der Waals surface area contributed by atoms with E-state index in [1.54, 1.807) is 0 Å². The Morgan fingerprint density at radius 1 is 1.45 bits per heavy atom. The van der Waals surface area contributed by atoms with Gasteiger partial charge in [-0.15, -0.1) is 0 Å². The smallest absolute Gasteiger partial charge is 0.234 e. The molecule has 0 aromatic carbocycles. The molecule has 0 aliphatic carbocycles. The lowest BCUT2D eigenvalue weighted by Gasteiger charge is -1.99. The minimum absolute atomic E-state index is 0.128. The molecule has 0 atom stereocenters. The van der Waals surface area contributed by atoms with Crippen molar-refractivity contribution in [3.63, 3.8) is 0 Å². The minimum Gasteiger partial charge on any atom is -0.234 e. The van der Waals surface area contributed by atoms with E-state index in [0.717, 1.165) is 0 Å². The topological polar surface area (TPSA) is 12.9 Å². The van der Waals surface area contributed by atoms with Crippen molar-refractivity contribution in [2.75, 3.05) is 0 Å². The van der Waals surface area contributed by atoms with Crippen molar-refractivity contribution >= 4 is 34.2 Å². The van der Waals surface area contributed by atoms with Gasteiger partial charge in [0, 0.05) is 0 Å². The minimum atomic E-state index is -2.55. The van der Waals surface area contributed by atoms with E-state index in [9.17, 15) is 8.78 Å². The van der Waals surface area contributed by atoms with E-state index in [1.165, 1.54) is 12.1 Å². The van der Waals surface area contributed by atoms with Gasteiger partial charge in [-0.2, -0.15) is 0 Å². The molecule has 1 aromatic heterocycles. The van der Waals surface area contributed by atoms with Crippen LogP contribution in [0.5, 0.6) is 0 Å². The van der Waals surface area contributed by atoms with E-state index < -0.39 is 6.43 Å². The molecule has 1 rings (SSSR count). The molecular formula is C6H3ClF2IN. The normalized spacial score (nSPS) is 10.6.